The van der Waals surface area contributed by atoms with Gasteiger partial charge in [0.2, 0.25) is 11.5 Å². The van der Waals surface area contributed by atoms with Gasteiger partial charge >= 0.3 is 5.97 Å². The smallest absolute Gasteiger partial charge is 0.339 e. The third kappa shape index (κ3) is 5.08. The Labute approximate surface area is 182 Å². The average molecular weight is 450 g/mol. The second kappa shape index (κ2) is 9.11. The summed E-state index contributed by atoms with van der Waals surface area (Å²) in [6.07, 6.45) is -0.623. The molecule has 1 aliphatic heterocycles. The first-order valence-electron chi connectivity index (χ1n) is 9.90. The number of ether oxygens (including phenoxy) is 1. The van der Waals surface area contributed by atoms with E-state index in [1.54, 1.807) is 24.4 Å². The number of carbonyl (C=O) groups is 3. The van der Waals surface area contributed by atoms with Gasteiger partial charge in [0.05, 0.1) is 5.69 Å². The number of hydrogen-bond donors (Lipinski definition) is 3. The lowest BCUT2D eigenvalue weighted by molar-refractivity contribution is -0.143. The highest BCUT2D eigenvalue weighted by Crippen LogP contribution is 2.40. The number of epoxide rings is 1. The van der Waals surface area contributed by atoms with Gasteiger partial charge in [-0.3, -0.25) is 9.59 Å². The van der Waals surface area contributed by atoms with Gasteiger partial charge in [0, 0.05) is 10.9 Å². The third-order valence-electron chi connectivity index (χ3n) is 5.03. The van der Waals surface area contributed by atoms with Crippen LogP contribution in [0.4, 0.5) is 9.52 Å². The summed E-state index contributed by atoms with van der Waals surface area (Å²) in [4.78, 5) is 41.1. The van der Waals surface area contributed by atoms with Crippen molar-refractivity contribution < 1.29 is 28.6 Å². The summed E-state index contributed by atoms with van der Waals surface area (Å²) >= 11 is 1.21. The van der Waals surface area contributed by atoms with Crippen molar-refractivity contribution in [2.75, 3.05) is 5.32 Å². The number of thiazole rings is 1. The number of rotatable bonds is 9. The summed E-state index contributed by atoms with van der Waals surface area (Å²) < 4.78 is 18.3. The number of nitrogens with zero attached hydrogens (tertiary/aromatic N) is 1. The minimum absolute atomic E-state index is 0.0950. The molecule has 31 heavy (non-hydrogen) atoms. The van der Waals surface area contributed by atoms with E-state index in [1.165, 1.54) is 23.5 Å². The Morgan fingerprint density at radius 3 is 2.52 bits per heavy atom. The van der Waals surface area contributed by atoms with Crippen molar-refractivity contribution in [1.82, 2.24) is 10.3 Å². The van der Waals surface area contributed by atoms with Crippen LogP contribution in [0.25, 0.3) is 11.3 Å². The lowest BCUT2D eigenvalue weighted by atomic mass is 10.00. The SMILES string of the molecule is CCC1(C(=O)O)OC1C(=O)N[C@@H](CC(C)C)C(=O)Nc1nc(-c2ccc(F)cc2)cs1. The van der Waals surface area contributed by atoms with Gasteiger partial charge in [-0.2, -0.15) is 0 Å². The lowest BCUT2D eigenvalue weighted by Gasteiger charge is -2.19. The monoisotopic (exact) mass is 449 g/mol. The molecule has 2 unspecified atom stereocenters. The quantitative estimate of drug-likeness (QED) is 0.506. The largest absolute Gasteiger partial charge is 0.479 e. The Bertz CT molecular complexity index is 978. The molecule has 2 amide bonds. The second-order valence-electron chi connectivity index (χ2n) is 7.77. The molecule has 1 aromatic carbocycles. The van der Waals surface area contributed by atoms with Crippen molar-refractivity contribution in [3.8, 4) is 11.3 Å². The van der Waals surface area contributed by atoms with E-state index in [-0.39, 0.29) is 18.2 Å². The first-order valence-corrected chi connectivity index (χ1v) is 10.8. The van der Waals surface area contributed by atoms with Gasteiger partial charge in [-0.25, -0.2) is 14.2 Å². The summed E-state index contributed by atoms with van der Waals surface area (Å²) in [5.41, 5.74) is -0.228. The normalized spacial score (nSPS) is 20.9. The molecule has 2 heterocycles. The number of halogens is 1. The predicted molar refractivity (Wildman–Crippen MR) is 113 cm³/mol. The van der Waals surface area contributed by atoms with Crippen LogP contribution in [0.2, 0.25) is 0 Å². The van der Waals surface area contributed by atoms with E-state index in [0.29, 0.717) is 22.8 Å². The first kappa shape index (κ1) is 22.8. The number of carboxylic acid groups (broad SMARTS) is 1. The topological polar surface area (TPSA) is 121 Å². The molecule has 1 aromatic heterocycles. The number of benzene rings is 1. The zero-order valence-electron chi connectivity index (χ0n) is 17.3. The van der Waals surface area contributed by atoms with E-state index in [0.717, 1.165) is 0 Å². The number of amides is 2. The molecule has 3 N–H and O–H groups in total. The maximum atomic E-state index is 13.1. The van der Waals surface area contributed by atoms with Gasteiger partial charge in [0.25, 0.3) is 5.91 Å². The molecular weight excluding hydrogens is 425 g/mol. The van der Waals surface area contributed by atoms with Crippen molar-refractivity contribution in [3.63, 3.8) is 0 Å². The Balaban J connectivity index is 1.67. The summed E-state index contributed by atoms with van der Waals surface area (Å²) in [5.74, 6) is -2.54. The van der Waals surface area contributed by atoms with Crippen LogP contribution in [0.5, 0.6) is 0 Å². The molecule has 1 fully saturated rings. The summed E-state index contributed by atoms with van der Waals surface area (Å²) in [7, 11) is 0. The lowest BCUT2D eigenvalue weighted by Crippen LogP contribution is -2.47. The molecule has 3 atom stereocenters. The minimum atomic E-state index is -1.53. The molecule has 0 aliphatic carbocycles. The molecule has 1 aliphatic rings. The molecule has 0 radical (unpaired) electrons. The molecular formula is C21H24FN3O5S. The molecule has 1 saturated heterocycles. The number of anilines is 1. The molecule has 0 spiro atoms. The third-order valence-corrected chi connectivity index (χ3v) is 5.79. The summed E-state index contributed by atoms with van der Waals surface area (Å²) in [6.45, 7) is 5.44. The zero-order chi connectivity index (χ0) is 22.8. The van der Waals surface area contributed by atoms with Crippen molar-refractivity contribution in [2.24, 2.45) is 5.92 Å². The van der Waals surface area contributed by atoms with Crippen LogP contribution in [-0.2, 0) is 19.1 Å². The highest BCUT2D eigenvalue weighted by molar-refractivity contribution is 7.14. The van der Waals surface area contributed by atoms with Crippen LogP contribution >= 0.6 is 11.3 Å². The molecule has 166 valence electrons. The second-order valence-corrected chi connectivity index (χ2v) is 8.63. The van der Waals surface area contributed by atoms with Crippen LogP contribution in [0.3, 0.4) is 0 Å². The predicted octanol–water partition coefficient (Wildman–Crippen LogP) is 3.05. The fourth-order valence-corrected chi connectivity index (χ4v) is 3.97. The standard InChI is InChI=1S/C21H24FN3O5S/c1-4-21(19(28)29)16(30-21)18(27)23-14(9-11(2)3)17(26)25-20-24-15(10-31-20)12-5-7-13(22)8-6-12/h5-8,10-11,14,16H,4,9H2,1-3H3,(H,23,27)(H,28,29)(H,24,25,26)/t14-,16?,21?/m0/s1. The van der Waals surface area contributed by atoms with Crippen molar-refractivity contribution in [2.45, 2.75) is 51.4 Å². The van der Waals surface area contributed by atoms with Gasteiger partial charge in [0.1, 0.15) is 11.9 Å². The number of carboxylic acids is 1. The molecule has 0 bridgehead atoms. The van der Waals surface area contributed by atoms with E-state index in [2.05, 4.69) is 15.6 Å². The van der Waals surface area contributed by atoms with Crippen LogP contribution in [0.15, 0.2) is 29.6 Å². The van der Waals surface area contributed by atoms with Crippen LogP contribution in [0, 0.1) is 11.7 Å². The highest BCUT2D eigenvalue weighted by atomic mass is 32.1. The summed E-state index contributed by atoms with van der Waals surface area (Å²) in [5, 5.41) is 16.7. The first-order chi connectivity index (χ1) is 14.7. The van der Waals surface area contributed by atoms with Crippen molar-refractivity contribution in [3.05, 3.63) is 35.5 Å². The van der Waals surface area contributed by atoms with Crippen molar-refractivity contribution in [1.29, 1.82) is 0 Å². The number of carbonyl (C=O) groups excluding carboxylic acids is 2. The Morgan fingerprint density at radius 1 is 1.29 bits per heavy atom. The molecule has 10 heteroatoms. The van der Waals surface area contributed by atoms with Gasteiger partial charge < -0.3 is 20.5 Å². The number of hydrogen-bond acceptors (Lipinski definition) is 6. The highest BCUT2D eigenvalue weighted by Gasteiger charge is 2.65. The van der Waals surface area contributed by atoms with Gasteiger partial charge in [-0.1, -0.05) is 20.8 Å². The zero-order valence-corrected chi connectivity index (χ0v) is 18.2. The van der Waals surface area contributed by atoms with Gasteiger partial charge in [-0.05, 0) is 43.0 Å². The average Bonchev–Trinajstić information content (AvgIpc) is 3.32. The Morgan fingerprint density at radius 2 is 1.97 bits per heavy atom. The van der Waals surface area contributed by atoms with E-state index >= 15 is 0 Å². The molecule has 0 saturated carbocycles. The fraction of sp³-hybridized carbons (Fsp3) is 0.429. The molecule has 8 nitrogen and oxygen atoms in total. The molecule has 3 rings (SSSR count). The maximum absolute atomic E-state index is 13.1. The Hall–Kier alpha value is -2.85. The molecule has 2 aromatic rings. The van der Waals surface area contributed by atoms with Crippen molar-refractivity contribution >= 4 is 34.3 Å². The van der Waals surface area contributed by atoms with Crippen LogP contribution in [-0.4, -0.2) is 45.6 Å². The van der Waals surface area contributed by atoms with E-state index in [9.17, 15) is 23.9 Å². The van der Waals surface area contributed by atoms with Crippen LogP contribution < -0.4 is 10.6 Å². The number of aliphatic carboxylic acids is 1. The number of aromatic nitrogens is 1. The van der Waals surface area contributed by atoms with Crippen LogP contribution in [0.1, 0.15) is 33.6 Å². The van der Waals surface area contributed by atoms with E-state index in [4.69, 9.17) is 4.74 Å². The summed E-state index contributed by atoms with van der Waals surface area (Å²) in [6, 6.07) is 4.97. The van der Waals surface area contributed by atoms with E-state index in [1.807, 2.05) is 13.8 Å². The van der Waals surface area contributed by atoms with E-state index < -0.39 is 35.5 Å². The number of nitrogens with one attached hydrogen (secondary N) is 2. The fourth-order valence-electron chi connectivity index (χ4n) is 3.25. The Kier molecular flexibility index (Phi) is 6.71. The minimum Gasteiger partial charge on any atom is -0.479 e. The van der Waals surface area contributed by atoms with Gasteiger partial charge in [0.15, 0.2) is 11.2 Å². The maximum Gasteiger partial charge on any atom is 0.339 e. The van der Waals surface area contributed by atoms with Gasteiger partial charge in [-0.15, -0.1) is 11.3 Å².